The molecule has 0 bridgehead atoms. The maximum atomic E-state index is 13.1. The highest BCUT2D eigenvalue weighted by atomic mass is 16.4. The summed E-state index contributed by atoms with van der Waals surface area (Å²) in [4.78, 5) is 54.1. The summed E-state index contributed by atoms with van der Waals surface area (Å²) in [5.74, 6) is -2.07. The number of para-hydroxylation sites is 1. The van der Waals surface area contributed by atoms with Crippen LogP contribution < -0.4 is 10.9 Å². The van der Waals surface area contributed by atoms with Crippen molar-refractivity contribution < 1.29 is 19.5 Å². The number of hydrogen-bond acceptors (Lipinski definition) is 5. The molecule has 2 aromatic heterocycles. The van der Waals surface area contributed by atoms with E-state index < -0.39 is 11.9 Å². The number of anilines is 1. The van der Waals surface area contributed by atoms with Gasteiger partial charge in [0, 0.05) is 11.3 Å². The zero-order chi connectivity index (χ0) is 24.5. The smallest absolute Gasteiger partial charge is 0.336 e. The van der Waals surface area contributed by atoms with Crippen LogP contribution in [0.3, 0.4) is 0 Å². The SMILES string of the molecule is O=C(Cn1c(=O)c2ccccc2n2cncc12)c1ccc(NC(=O)c2ccccc2C(=O)O)cc1. The molecule has 172 valence electrons. The van der Waals surface area contributed by atoms with Gasteiger partial charge in [-0.15, -0.1) is 0 Å². The number of Topliss-reactive ketones (excluding diaryl/α,β-unsaturated/α-hetero) is 1. The van der Waals surface area contributed by atoms with Crippen molar-refractivity contribution in [3.05, 3.63) is 112 Å². The van der Waals surface area contributed by atoms with Crippen molar-refractivity contribution in [3.63, 3.8) is 0 Å². The van der Waals surface area contributed by atoms with Gasteiger partial charge in [0.2, 0.25) is 0 Å². The first-order valence-corrected chi connectivity index (χ1v) is 10.6. The second kappa shape index (κ2) is 8.71. The van der Waals surface area contributed by atoms with Gasteiger partial charge in [0.15, 0.2) is 5.78 Å². The number of imidazole rings is 1. The number of hydrogen-bond donors (Lipinski definition) is 2. The molecule has 0 atom stereocenters. The number of benzene rings is 3. The molecule has 9 nitrogen and oxygen atoms in total. The molecule has 2 N–H and O–H groups in total. The summed E-state index contributed by atoms with van der Waals surface area (Å²) in [6.07, 6.45) is 3.13. The average Bonchev–Trinajstić information content (AvgIpc) is 3.37. The van der Waals surface area contributed by atoms with Gasteiger partial charge in [-0.3, -0.25) is 23.4 Å². The van der Waals surface area contributed by atoms with E-state index >= 15 is 0 Å². The fourth-order valence-corrected chi connectivity index (χ4v) is 3.98. The summed E-state index contributed by atoms with van der Waals surface area (Å²) in [5, 5.41) is 12.4. The van der Waals surface area contributed by atoms with Crippen LogP contribution in [0.2, 0.25) is 0 Å². The van der Waals surface area contributed by atoms with Crippen LogP contribution >= 0.6 is 0 Å². The van der Waals surface area contributed by atoms with Crippen molar-refractivity contribution in [1.82, 2.24) is 14.0 Å². The number of carbonyl (C=O) groups excluding carboxylic acids is 2. The van der Waals surface area contributed by atoms with E-state index in [4.69, 9.17) is 0 Å². The number of nitrogens with one attached hydrogen (secondary N) is 1. The molecule has 9 heteroatoms. The summed E-state index contributed by atoms with van der Waals surface area (Å²) in [6.45, 7) is -0.184. The maximum Gasteiger partial charge on any atom is 0.336 e. The van der Waals surface area contributed by atoms with Crippen molar-refractivity contribution in [3.8, 4) is 0 Å². The summed E-state index contributed by atoms with van der Waals surface area (Å²) in [5.41, 5.74) is 1.59. The highest BCUT2D eigenvalue weighted by molar-refractivity contribution is 6.10. The van der Waals surface area contributed by atoms with Gasteiger partial charge in [-0.2, -0.15) is 0 Å². The molecular weight excluding hydrogens is 448 g/mol. The Kier molecular flexibility index (Phi) is 5.42. The van der Waals surface area contributed by atoms with Crippen LogP contribution in [0.25, 0.3) is 16.6 Å². The second-order valence-electron chi connectivity index (χ2n) is 7.84. The number of aromatic nitrogens is 3. The van der Waals surface area contributed by atoms with Crippen LogP contribution in [-0.2, 0) is 6.54 Å². The van der Waals surface area contributed by atoms with Crippen LogP contribution in [0.4, 0.5) is 5.69 Å². The lowest BCUT2D eigenvalue weighted by Gasteiger charge is -2.11. The topological polar surface area (TPSA) is 123 Å². The Bertz CT molecular complexity index is 1680. The number of carboxylic acids is 1. The van der Waals surface area contributed by atoms with E-state index in [0.717, 1.165) is 0 Å². The summed E-state index contributed by atoms with van der Waals surface area (Å²) in [6, 6.07) is 19.2. The van der Waals surface area contributed by atoms with Crippen LogP contribution in [0.15, 0.2) is 90.1 Å². The van der Waals surface area contributed by atoms with Crippen LogP contribution in [0.1, 0.15) is 31.1 Å². The summed E-state index contributed by atoms with van der Waals surface area (Å²) in [7, 11) is 0. The van der Waals surface area contributed by atoms with Gasteiger partial charge in [-0.1, -0.05) is 24.3 Å². The van der Waals surface area contributed by atoms with Gasteiger partial charge in [-0.25, -0.2) is 9.78 Å². The van der Waals surface area contributed by atoms with Crippen LogP contribution in [0.5, 0.6) is 0 Å². The molecule has 0 radical (unpaired) electrons. The standard InChI is InChI=1S/C26H18N4O5/c31-22(14-29-23-13-27-15-30(23)21-8-4-3-7-20(21)25(29)33)16-9-11-17(12-10-16)28-24(32)18-5-1-2-6-19(18)26(34)35/h1-13,15H,14H2,(H,28,32)(H,34,35). The van der Waals surface area contributed by atoms with Crippen LogP contribution in [-0.4, -0.2) is 36.7 Å². The van der Waals surface area contributed by atoms with Crippen molar-refractivity contribution in [2.75, 3.05) is 5.32 Å². The molecule has 0 saturated carbocycles. The average molecular weight is 466 g/mol. The Labute approximate surface area is 197 Å². The van der Waals surface area contributed by atoms with Crippen molar-refractivity contribution in [2.45, 2.75) is 6.54 Å². The molecule has 2 heterocycles. The predicted molar refractivity (Wildman–Crippen MR) is 129 cm³/mol. The molecule has 0 aliphatic heterocycles. The van der Waals surface area contributed by atoms with Gasteiger partial charge >= 0.3 is 5.97 Å². The number of rotatable bonds is 6. The first kappa shape index (κ1) is 21.8. The molecular formula is C26H18N4O5. The molecule has 0 aliphatic rings. The third kappa shape index (κ3) is 3.95. The molecule has 0 aliphatic carbocycles. The lowest BCUT2D eigenvalue weighted by molar-refractivity contribution is 0.0692. The van der Waals surface area contributed by atoms with Crippen molar-refractivity contribution >= 4 is 39.9 Å². The molecule has 1 amide bonds. The number of carbonyl (C=O) groups is 3. The predicted octanol–water partition coefficient (Wildman–Crippen LogP) is 3.48. The van der Waals surface area contributed by atoms with Gasteiger partial charge in [0.05, 0.1) is 34.8 Å². The first-order valence-electron chi connectivity index (χ1n) is 10.6. The largest absolute Gasteiger partial charge is 0.478 e. The quantitative estimate of drug-likeness (QED) is 0.370. The number of aromatic carboxylic acids is 1. The van der Waals surface area contributed by atoms with E-state index in [0.29, 0.717) is 27.8 Å². The number of nitrogens with zero attached hydrogens (tertiary/aromatic N) is 3. The number of fused-ring (bicyclic) bond motifs is 3. The monoisotopic (exact) mass is 466 g/mol. The molecule has 0 unspecified atom stereocenters. The highest BCUT2D eigenvalue weighted by Gasteiger charge is 2.17. The third-order valence-corrected chi connectivity index (χ3v) is 5.70. The molecule has 5 rings (SSSR count). The Morgan fingerprint density at radius 1 is 0.886 bits per heavy atom. The maximum absolute atomic E-state index is 13.1. The van der Waals surface area contributed by atoms with E-state index in [1.54, 1.807) is 59.3 Å². The zero-order valence-corrected chi connectivity index (χ0v) is 18.2. The van der Waals surface area contributed by atoms with Gasteiger partial charge in [0.1, 0.15) is 12.0 Å². The Morgan fingerprint density at radius 3 is 2.31 bits per heavy atom. The lowest BCUT2D eigenvalue weighted by atomic mass is 10.1. The molecule has 0 saturated heterocycles. The van der Waals surface area contributed by atoms with Gasteiger partial charge in [0.25, 0.3) is 11.5 Å². The van der Waals surface area contributed by atoms with Crippen molar-refractivity contribution in [1.29, 1.82) is 0 Å². The Balaban J connectivity index is 1.39. The van der Waals surface area contributed by atoms with E-state index in [2.05, 4.69) is 10.3 Å². The second-order valence-corrected chi connectivity index (χ2v) is 7.84. The van der Waals surface area contributed by atoms with E-state index in [9.17, 15) is 24.3 Å². The normalized spacial score (nSPS) is 11.0. The minimum Gasteiger partial charge on any atom is -0.478 e. The fraction of sp³-hybridized carbons (Fsp3) is 0.0385. The van der Waals surface area contributed by atoms with Crippen LogP contribution in [0, 0.1) is 0 Å². The van der Waals surface area contributed by atoms with E-state index in [1.807, 2.05) is 12.1 Å². The van der Waals surface area contributed by atoms with Gasteiger partial charge in [-0.05, 0) is 48.5 Å². The first-order chi connectivity index (χ1) is 16.9. The number of ketones is 1. The van der Waals surface area contributed by atoms with E-state index in [-0.39, 0.29) is 29.0 Å². The number of amides is 1. The lowest BCUT2D eigenvalue weighted by Crippen LogP contribution is -2.26. The summed E-state index contributed by atoms with van der Waals surface area (Å²) < 4.78 is 3.15. The molecule has 35 heavy (non-hydrogen) atoms. The Morgan fingerprint density at radius 2 is 1.57 bits per heavy atom. The van der Waals surface area contributed by atoms with Crippen molar-refractivity contribution in [2.24, 2.45) is 0 Å². The highest BCUT2D eigenvalue weighted by Crippen LogP contribution is 2.17. The minimum absolute atomic E-state index is 0.0284. The zero-order valence-electron chi connectivity index (χ0n) is 18.2. The molecule has 5 aromatic rings. The minimum atomic E-state index is -1.20. The number of carboxylic acid groups (broad SMARTS) is 1. The summed E-state index contributed by atoms with van der Waals surface area (Å²) >= 11 is 0. The Hall–Kier alpha value is -5.05. The fourth-order valence-electron chi connectivity index (χ4n) is 3.98. The van der Waals surface area contributed by atoms with Gasteiger partial charge < -0.3 is 10.4 Å². The molecule has 3 aromatic carbocycles. The molecule has 0 spiro atoms. The molecule has 0 fully saturated rings. The third-order valence-electron chi connectivity index (χ3n) is 5.70. The van der Waals surface area contributed by atoms with E-state index in [1.165, 1.54) is 22.9 Å².